The second-order valence-corrected chi connectivity index (χ2v) is 10.5. The minimum Gasteiger partial charge on any atom is -0.508 e. The highest BCUT2D eigenvalue weighted by atomic mass is 16.5. The Morgan fingerprint density at radius 1 is 1.25 bits per heavy atom. The van der Waals surface area contributed by atoms with Crippen LogP contribution in [0.1, 0.15) is 83.8 Å². The van der Waals surface area contributed by atoms with Crippen molar-refractivity contribution in [1.82, 2.24) is 0 Å². The lowest BCUT2D eigenvalue weighted by atomic mass is 9.44. The minimum absolute atomic E-state index is 0.0241. The first kappa shape index (κ1) is 24.0. The Morgan fingerprint density at radius 3 is 2.50 bits per heavy atom. The topological polar surface area (TPSA) is 101 Å². The predicted octanol–water partition coefficient (Wildman–Crippen LogP) is 5.12. The SMILES string of the molecule is CCCCC(C)(C)c1cc(O)c([C@H]2CC(=O)C3CC2C3(C)C)c(OC(=O)/C=C/C(=O)O)c1. The van der Waals surface area contributed by atoms with Crippen LogP contribution in [-0.4, -0.2) is 27.9 Å². The molecule has 4 rings (SSSR count). The molecule has 3 aliphatic rings. The molecule has 3 saturated carbocycles. The molecule has 6 nitrogen and oxygen atoms in total. The molecule has 1 aromatic carbocycles. The van der Waals surface area contributed by atoms with Crippen molar-refractivity contribution in [2.24, 2.45) is 17.3 Å². The lowest BCUT2D eigenvalue weighted by Gasteiger charge is -2.59. The molecule has 2 unspecified atom stereocenters. The van der Waals surface area contributed by atoms with Crippen molar-refractivity contribution < 1.29 is 29.3 Å². The number of fused-ring (bicyclic) bond motifs is 2. The zero-order valence-electron chi connectivity index (χ0n) is 19.6. The van der Waals surface area contributed by atoms with Crippen molar-refractivity contribution in [3.63, 3.8) is 0 Å². The summed E-state index contributed by atoms with van der Waals surface area (Å²) in [6, 6.07) is 3.51. The highest BCUT2D eigenvalue weighted by Gasteiger charge is 2.59. The number of phenolic OH excluding ortho intramolecular Hbond substituents is 1. The molecule has 3 atom stereocenters. The Morgan fingerprint density at radius 2 is 1.94 bits per heavy atom. The van der Waals surface area contributed by atoms with Crippen LogP contribution in [0.4, 0.5) is 0 Å². The van der Waals surface area contributed by atoms with E-state index in [1.54, 1.807) is 12.1 Å². The van der Waals surface area contributed by atoms with Gasteiger partial charge in [0.05, 0.1) is 0 Å². The predicted molar refractivity (Wildman–Crippen MR) is 121 cm³/mol. The largest absolute Gasteiger partial charge is 0.508 e. The van der Waals surface area contributed by atoms with E-state index in [9.17, 15) is 19.5 Å². The van der Waals surface area contributed by atoms with E-state index in [0.29, 0.717) is 12.0 Å². The summed E-state index contributed by atoms with van der Waals surface area (Å²) < 4.78 is 5.58. The van der Waals surface area contributed by atoms with Gasteiger partial charge in [-0.05, 0) is 47.3 Å². The number of hydrogen-bond acceptors (Lipinski definition) is 5. The number of aliphatic carboxylic acids is 1. The van der Waals surface area contributed by atoms with E-state index >= 15 is 0 Å². The number of Topliss-reactive ketones (excluding diaryl/α,β-unsaturated/α-hetero) is 1. The zero-order valence-corrected chi connectivity index (χ0v) is 19.6. The molecule has 2 N–H and O–H groups in total. The average molecular weight is 443 g/mol. The van der Waals surface area contributed by atoms with Gasteiger partial charge in [-0.2, -0.15) is 0 Å². The Balaban J connectivity index is 2.06. The summed E-state index contributed by atoms with van der Waals surface area (Å²) in [6.45, 7) is 10.4. The molecule has 0 saturated heterocycles. The van der Waals surface area contributed by atoms with Gasteiger partial charge in [-0.25, -0.2) is 9.59 Å². The first-order valence-electron chi connectivity index (χ1n) is 11.4. The summed E-state index contributed by atoms with van der Waals surface area (Å²) in [6.07, 6.45) is 5.60. The number of carbonyl (C=O) groups is 3. The molecule has 0 aliphatic heterocycles. The molecular weight excluding hydrogens is 408 g/mol. The van der Waals surface area contributed by atoms with E-state index in [4.69, 9.17) is 9.84 Å². The van der Waals surface area contributed by atoms with E-state index in [1.807, 2.05) is 0 Å². The standard InChI is InChI=1S/C26H34O6/c1-6-7-10-25(2,3)15-11-20(28)24(21(12-15)32-23(31)9-8-22(29)30)16-13-19(27)18-14-17(16)26(18,4)5/h8-9,11-12,16-18,28H,6-7,10,13-14H2,1-5H3,(H,29,30)/b9-8+/t16-,17?,18?/m0/s1. The van der Waals surface area contributed by atoms with Gasteiger partial charge in [-0.1, -0.05) is 47.5 Å². The van der Waals surface area contributed by atoms with E-state index in [1.165, 1.54) is 0 Å². The Kier molecular flexibility index (Phi) is 6.55. The van der Waals surface area contributed by atoms with Crippen molar-refractivity contribution in [2.75, 3.05) is 0 Å². The van der Waals surface area contributed by atoms with Crippen molar-refractivity contribution >= 4 is 17.7 Å². The number of benzene rings is 1. The fraction of sp³-hybridized carbons (Fsp3) is 0.577. The first-order chi connectivity index (χ1) is 14.9. The van der Waals surface area contributed by atoms with Crippen LogP contribution in [-0.2, 0) is 19.8 Å². The van der Waals surface area contributed by atoms with Crippen molar-refractivity contribution in [1.29, 1.82) is 0 Å². The molecular formula is C26H34O6. The van der Waals surface area contributed by atoms with Gasteiger partial charge in [0, 0.05) is 36.0 Å². The molecule has 0 heterocycles. The van der Waals surface area contributed by atoms with Gasteiger partial charge in [0.15, 0.2) is 0 Å². The molecule has 6 heteroatoms. The lowest BCUT2D eigenvalue weighted by molar-refractivity contribution is -0.151. The monoisotopic (exact) mass is 442 g/mol. The third-order valence-corrected chi connectivity index (χ3v) is 7.64. The van der Waals surface area contributed by atoms with Crippen LogP contribution in [0.2, 0.25) is 0 Å². The first-order valence-corrected chi connectivity index (χ1v) is 11.4. The molecule has 1 aromatic rings. The highest BCUT2D eigenvalue weighted by Crippen LogP contribution is 2.64. The van der Waals surface area contributed by atoms with Gasteiger partial charge in [-0.15, -0.1) is 0 Å². The van der Waals surface area contributed by atoms with Crippen LogP contribution in [0.5, 0.6) is 11.5 Å². The molecule has 3 fully saturated rings. The van der Waals surface area contributed by atoms with Crippen LogP contribution < -0.4 is 4.74 Å². The van der Waals surface area contributed by atoms with Crippen LogP contribution in [0.3, 0.4) is 0 Å². The van der Waals surface area contributed by atoms with Gasteiger partial charge in [0.1, 0.15) is 17.3 Å². The maximum Gasteiger partial charge on any atom is 0.336 e. The highest BCUT2D eigenvalue weighted by molar-refractivity contribution is 5.92. The second kappa shape index (κ2) is 8.72. The number of esters is 1. The average Bonchev–Trinajstić information content (AvgIpc) is 2.69. The van der Waals surface area contributed by atoms with E-state index in [0.717, 1.165) is 43.4 Å². The molecule has 32 heavy (non-hydrogen) atoms. The van der Waals surface area contributed by atoms with Gasteiger partial charge in [-0.3, -0.25) is 4.79 Å². The van der Waals surface area contributed by atoms with Crippen LogP contribution in [0, 0.1) is 17.3 Å². The third-order valence-electron chi connectivity index (χ3n) is 7.64. The van der Waals surface area contributed by atoms with E-state index in [2.05, 4.69) is 34.6 Å². The summed E-state index contributed by atoms with van der Waals surface area (Å²) >= 11 is 0. The number of ketones is 1. The number of aromatic hydroxyl groups is 1. The fourth-order valence-corrected chi connectivity index (χ4v) is 5.50. The normalized spacial score (nSPS) is 24.3. The number of unbranched alkanes of at least 4 members (excludes halogenated alkanes) is 1. The Bertz CT molecular complexity index is 955. The molecule has 174 valence electrons. The zero-order chi connectivity index (χ0) is 23.8. The number of carboxylic acids is 1. The molecule has 0 aromatic heterocycles. The number of phenols is 1. The van der Waals surface area contributed by atoms with Gasteiger partial charge < -0.3 is 14.9 Å². The van der Waals surface area contributed by atoms with Gasteiger partial charge in [0.25, 0.3) is 0 Å². The summed E-state index contributed by atoms with van der Waals surface area (Å²) in [7, 11) is 0. The quantitative estimate of drug-likeness (QED) is 0.329. The van der Waals surface area contributed by atoms with E-state index in [-0.39, 0.29) is 45.9 Å². The summed E-state index contributed by atoms with van der Waals surface area (Å²) in [5.41, 5.74) is 0.885. The van der Waals surface area contributed by atoms with E-state index < -0.39 is 11.9 Å². The van der Waals surface area contributed by atoms with Gasteiger partial charge in [0.2, 0.25) is 0 Å². The number of carbonyl (C=O) groups excluding carboxylic acids is 2. The van der Waals surface area contributed by atoms with Crippen molar-refractivity contribution in [3.05, 3.63) is 35.4 Å². The molecule has 0 radical (unpaired) electrons. The molecule has 0 spiro atoms. The summed E-state index contributed by atoms with van der Waals surface area (Å²) in [5.74, 6) is -1.67. The Labute approximate surface area is 189 Å². The maximum atomic E-state index is 12.7. The van der Waals surface area contributed by atoms with Gasteiger partial charge >= 0.3 is 11.9 Å². The van der Waals surface area contributed by atoms with Crippen LogP contribution >= 0.6 is 0 Å². The lowest BCUT2D eigenvalue weighted by Crippen LogP contribution is -2.56. The van der Waals surface area contributed by atoms with Crippen LogP contribution in [0.25, 0.3) is 0 Å². The summed E-state index contributed by atoms with van der Waals surface area (Å²) in [5, 5.41) is 19.9. The number of hydrogen-bond donors (Lipinski definition) is 2. The third kappa shape index (κ3) is 4.45. The number of carboxylic acid groups (broad SMARTS) is 1. The maximum absolute atomic E-state index is 12.7. The summed E-state index contributed by atoms with van der Waals surface area (Å²) in [4.78, 5) is 35.9. The number of ether oxygens (including phenoxy) is 1. The molecule has 2 bridgehead atoms. The second-order valence-electron chi connectivity index (χ2n) is 10.5. The van der Waals surface area contributed by atoms with Crippen LogP contribution in [0.15, 0.2) is 24.3 Å². The minimum atomic E-state index is -1.25. The van der Waals surface area contributed by atoms with Crippen molar-refractivity contribution in [2.45, 2.75) is 78.1 Å². The smallest absolute Gasteiger partial charge is 0.336 e. The number of rotatable bonds is 8. The van der Waals surface area contributed by atoms with Crippen molar-refractivity contribution in [3.8, 4) is 11.5 Å². The molecule has 0 amide bonds. The fourth-order valence-electron chi connectivity index (χ4n) is 5.50. The molecule has 3 aliphatic carbocycles. The Hall–Kier alpha value is -2.63.